The average molecular weight is 264 g/mol. The minimum atomic E-state index is -0.203. The molecule has 3 unspecified atom stereocenters. The molecule has 0 N–H and O–H groups in total. The number of ether oxygens (including phenoxy) is 2. The molecule has 0 bridgehead atoms. The van der Waals surface area contributed by atoms with Gasteiger partial charge in [-0.15, -0.1) is 0 Å². The number of carbonyl (C=O) groups is 1. The summed E-state index contributed by atoms with van der Waals surface area (Å²) >= 11 is 0. The Morgan fingerprint density at radius 1 is 1.11 bits per heavy atom. The Bertz CT molecular complexity index is 475. The molecular formula is C16H24O3. The molecule has 2 aliphatic heterocycles. The molecule has 19 heavy (non-hydrogen) atoms. The van der Waals surface area contributed by atoms with E-state index in [4.69, 9.17) is 9.47 Å². The number of rotatable bonds is 0. The maximum absolute atomic E-state index is 12.1. The van der Waals surface area contributed by atoms with Crippen molar-refractivity contribution in [1.82, 2.24) is 0 Å². The molecule has 106 valence electrons. The van der Waals surface area contributed by atoms with E-state index in [0.29, 0.717) is 0 Å². The van der Waals surface area contributed by atoms with Gasteiger partial charge in [0.2, 0.25) is 0 Å². The van der Waals surface area contributed by atoms with Crippen LogP contribution in [-0.4, -0.2) is 23.3 Å². The van der Waals surface area contributed by atoms with Gasteiger partial charge in [0.05, 0.1) is 11.5 Å². The lowest BCUT2D eigenvalue weighted by molar-refractivity contribution is -0.154. The number of hydrogen-bond donors (Lipinski definition) is 0. The molecule has 4 aliphatic rings. The third-order valence-corrected chi connectivity index (χ3v) is 7.17. The first-order chi connectivity index (χ1) is 8.79. The molecule has 4 rings (SSSR count). The van der Waals surface area contributed by atoms with Gasteiger partial charge in [-0.05, 0) is 39.0 Å². The van der Waals surface area contributed by atoms with Crippen LogP contribution in [0.15, 0.2) is 0 Å². The van der Waals surface area contributed by atoms with Gasteiger partial charge in [-0.2, -0.15) is 0 Å². The van der Waals surface area contributed by atoms with Crippen molar-refractivity contribution in [1.29, 1.82) is 0 Å². The molecule has 0 radical (unpaired) electrons. The highest BCUT2D eigenvalue weighted by Crippen LogP contribution is 2.75. The van der Waals surface area contributed by atoms with Crippen LogP contribution >= 0.6 is 0 Å². The van der Waals surface area contributed by atoms with Crippen molar-refractivity contribution in [2.75, 3.05) is 0 Å². The van der Waals surface area contributed by atoms with E-state index in [1.165, 1.54) is 12.8 Å². The fourth-order valence-electron chi connectivity index (χ4n) is 5.58. The van der Waals surface area contributed by atoms with Crippen molar-refractivity contribution in [3.05, 3.63) is 0 Å². The minimum Gasteiger partial charge on any atom is -0.458 e. The van der Waals surface area contributed by atoms with E-state index in [0.717, 1.165) is 19.3 Å². The first-order valence-electron chi connectivity index (χ1n) is 7.70. The Morgan fingerprint density at radius 2 is 1.84 bits per heavy atom. The van der Waals surface area contributed by atoms with Gasteiger partial charge < -0.3 is 9.47 Å². The van der Waals surface area contributed by atoms with E-state index in [2.05, 4.69) is 20.8 Å². The fourth-order valence-corrected chi connectivity index (χ4v) is 5.58. The number of fused-ring (bicyclic) bond motifs is 1. The molecule has 3 nitrogen and oxygen atoms in total. The molecule has 2 saturated heterocycles. The standard InChI is InChI=1S/C16H24O3/c1-10-11(17)18-12-14(10,3)9-8-13(2)6-5-7-15(4)16(12,13)19-15/h10,12H,5-9H2,1-4H3/t10-,12+,13+,14?,15?,16?/m0/s1. The second-order valence-electron chi connectivity index (χ2n) is 8.03. The smallest absolute Gasteiger partial charge is 0.309 e. The van der Waals surface area contributed by atoms with Gasteiger partial charge in [0, 0.05) is 10.8 Å². The van der Waals surface area contributed by atoms with E-state index in [-0.39, 0.29) is 40.0 Å². The molecule has 0 aromatic heterocycles. The lowest BCUT2D eigenvalue weighted by Crippen LogP contribution is -2.60. The van der Waals surface area contributed by atoms with E-state index < -0.39 is 0 Å². The second-order valence-corrected chi connectivity index (χ2v) is 8.03. The quantitative estimate of drug-likeness (QED) is 0.498. The molecule has 3 heteroatoms. The van der Waals surface area contributed by atoms with Crippen LogP contribution in [0, 0.1) is 16.7 Å². The topological polar surface area (TPSA) is 38.8 Å². The largest absolute Gasteiger partial charge is 0.458 e. The third-order valence-electron chi connectivity index (χ3n) is 7.17. The van der Waals surface area contributed by atoms with Crippen molar-refractivity contribution >= 4 is 5.97 Å². The number of carbonyl (C=O) groups excluding carboxylic acids is 1. The zero-order chi connectivity index (χ0) is 13.7. The summed E-state index contributed by atoms with van der Waals surface area (Å²) in [5.74, 6) is -0.0126. The van der Waals surface area contributed by atoms with Crippen LogP contribution in [0.5, 0.6) is 0 Å². The Balaban J connectivity index is 1.84. The van der Waals surface area contributed by atoms with Crippen LogP contribution in [0.25, 0.3) is 0 Å². The van der Waals surface area contributed by atoms with Crippen molar-refractivity contribution in [3.63, 3.8) is 0 Å². The highest BCUT2D eigenvalue weighted by Gasteiger charge is 2.85. The van der Waals surface area contributed by atoms with Crippen molar-refractivity contribution in [3.8, 4) is 0 Å². The average Bonchev–Trinajstić information content (AvgIpc) is 2.92. The minimum absolute atomic E-state index is 0.00630. The number of epoxide rings is 1. The summed E-state index contributed by atoms with van der Waals surface area (Å²) in [6, 6.07) is 0. The van der Waals surface area contributed by atoms with Gasteiger partial charge >= 0.3 is 5.97 Å². The normalized spacial score (nSPS) is 62.8. The van der Waals surface area contributed by atoms with Gasteiger partial charge in [-0.3, -0.25) is 4.79 Å². The predicted octanol–water partition coefficient (Wildman–Crippen LogP) is 3.07. The van der Waals surface area contributed by atoms with Crippen LogP contribution in [0.1, 0.15) is 59.8 Å². The zero-order valence-corrected chi connectivity index (χ0v) is 12.4. The Hall–Kier alpha value is -0.570. The van der Waals surface area contributed by atoms with Gasteiger partial charge in [0.25, 0.3) is 0 Å². The summed E-state index contributed by atoms with van der Waals surface area (Å²) in [6.07, 6.45) is 5.77. The van der Waals surface area contributed by atoms with Crippen LogP contribution in [0.3, 0.4) is 0 Å². The first kappa shape index (κ1) is 12.2. The highest BCUT2D eigenvalue weighted by molar-refractivity contribution is 5.76. The Labute approximate surface area is 115 Å². The van der Waals surface area contributed by atoms with E-state index >= 15 is 0 Å². The lowest BCUT2D eigenvalue weighted by Gasteiger charge is -2.52. The molecule has 2 heterocycles. The first-order valence-corrected chi connectivity index (χ1v) is 7.70. The molecule has 1 spiro atoms. The predicted molar refractivity (Wildman–Crippen MR) is 70.6 cm³/mol. The number of hydrogen-bond acceptors (Lipinski definition) is 3. The fraction of sp³-hybridized carbons (Fsp3) is 0.938. The Morgan fingerprint density at radius 3 is 2.58 bits per heavy atom. The van der Waals surface area contributed by atoms with E-state index in [1.54, 1.807) is 0 Å². The highest BCUT2D eigenvalue weighted by atomic mass is 16.7. The SMILES string of the molecule is C[C@H]1C(=O)O[C@@H]2C1(C)CC[C@@]1(C)CCCC3(C)OC231. The summed E-state index contributed by atoms with van der Waals surface area (Å²) in [6.45, 7) is 8.85. The van der Waals surface area contributed by atoms with Crippen molar-refractivity contribution in [2.24, 2.45) is 16.7 Å². The summed E-state index contributed by atoms with van der Waals surface area (Å²) in [7, 11) is 0. The van der Waals surface area contributed by atoms with Crippen LogP contribution in [0.4, 0.5) is 0 Å². The molecular weight excluding hydrogens is 240 g/mol. The molecule has 2 saturated carbocycles. The molecule has 0 aromatic rings. The van der Waals surface area contributed by atoms with Crippen LogP contribution in [-0.2, 0) is 14.3 Å². The summed E-state index contributed by atoms with van der Waals surface area (Å²) in [4.78, 5) is 12.1. The zero-order valence-electron chi connectivity index (χ0n) is 12.4. The van der Waals surface area contributed by atoms with Gasteiger partial charge in [-0.25, -0.2) is 0 Å². The lowest BCUT2D eigenvalue weighted by atomic mass is 9.49. The van der Waals surface area contributed by atoms with Crippen LogP contribution in [0.2, 0.25) is 0 Å². The second kappa shape index (κ2) is 3.03. The maximum atomic E-state index is 12.1. The van der Waals surface area contributed by atoms with Crippen molar-refractivity contribution < 1.29 is 14.3 Å². The molecule has 2 aliphatic carbocycles. The van der Waals surface area contributed by atoms with Crippen LogP contribution < -0.4 is 0 Å². The Kier molecular flexibility index (Phi) is 1.94. The summed E-state index contributed by atoms with van der Waals surface area (Å²) in [5.41, 5.74) is -0.109. The van der Waals surface area contributed by atoms with Gasteiger partial charge in [0.1, 0.15) is 11.7 Å². The molecule has 4 fully saturated rings. The van der Waals surface area contributed by atoms with E-state index in [1.807, 2.05) is 6.92 Å². The van der Waals surface area contributed by atoms with Crippen molar-refractivity contribution in [2.45, 2.75) is 77.1 Å². The molecule has 0 amide bonds. The molecule has 6 atom stereocenters. The summed E-state index contributed by atoms with van der Waals surface area (Å²) < 4.78 is 12.2. The maximum Gasteiger partial charge on any atom is 0.309 e. The van der Waals surface area contributed by atoms with E-state index in [9.17, 15) is 4.79 Å². The summed E-state index contributed by atoms with van der Waals surface area (Å²) in [5, 5.41) is 0. The monoisotopic (exact) mass is 264 g/mol. The van der Waals surface area contributed by atoms with Gasteiger partial charge in [-0.1, -0.05) is 20.8 Å². The van der Waals surface area contributed by atoms with Gasteiger partial charge in [0.15, 0.2) is 0 Å². The molecule has 0 aromatic carbocycles. The number of esters is 1. The third kappa shape index (κ3) is 1.06.